The predicted molar refractivity (Wildman–Crippen MR) is 130 cm³/mol. The van der Waals surface area contributed by atoms with Crippen molar-refractivity contribution >= 4 is 39.3 Å². The maximum absolute atomic E-state index is 13.8. The fourth-order valence-electron chi connectivity index (χ4n) is 4.14. The second kappa shape index (κ2) is 8.92. The second-order valence-corrected chi connectivity index (χ2v) is 9.55. The topological polar surface area (TPSA) is 61.2 Å². The number of rotatable bonds is 6. The Bertz CT molecular complexity index is 1360. The highest BCUT2D eigenvalue weighted by atomic mass is 32.2. The second-order valence-electron chi connectivity index (χ2n) is 7.61. The van der Waals surface area contributed by atoms with Gasteiger partial charge >= 0.3 is 5.97 Å². The highest BCUT2D eigenvalue weighted by molar-refractivity contribution is 7.99. The standard InChI is InChI=1S/C25H22N2O3S2/c1-2-30-20(28)15-31-25-26-23-21(24(29)27(25)14-16-8-4-3-5-9-16)19-13-12-17-10-6-7-11-18(17)22(19)32-23/h3-11H,2,12-15H2,1H3. The molecule has 5 rings (SSSR count). The van der Waals surface area contributed by atoms with Gasteiger partial charge in [0.1, 0.15) is 4.83 Å². The fourth-order valence-corrected chi connectivity index (χ4v) is 6.26. The molecule has 1 aliphatic carbocycles. The molecule has 0 bridgehead atoms. The van der Waals surface area contributed by atoms with Crippen molar-refractivity contribution in [1.82, 2.24) is 9.55 Å². The number of benzene rings is 2. The van der Waals surface area contributed by atoms with Gasteiger partial charge < -0.3 is 4.74 Å². The van der Waals surface area contributed by atoms with Crippen molar-refractivity contribution < 1.29 is 9.53 Å². The summed E-state index contributed by atoms with van der Waals surface area (Å²) in [6, 6.07) is 18.3. The summed E-state index contributed by atoms with van der Waals surface area (Å²) in [6.45, 7) is 2.53. The van der Waals surface area contributed by atoms with E-state index >= 15 is 0 Å². The van der Waals surface area contributed by atoms with Crippen molar-refractivity contribution in [2.45, 2.75) is 31.5 Å². The lowest BCUT2D eigenvalue weighted by atomic mass is 9.90. The van der Waals surface area contributed by atoms with Crippen molar-refractivity contribution in [2.24, 2.45) is 0 Å². The molecule has 2 heterocycles. The van der Waals surface area contributed by atoms with Crippen molar-refractivity contribution in [1.29, 1.82) is 0 Å². The number of fused-ring (bicyclic) bond motifs is 5. The Labute approximate surface area is 194 Å². The van der Waals surface area contributed by atoms with Crippen molar-refractivity contribution in [2.75, 3.05) is 12.4 Å². The van der Waals surface area contributed by atoms with Gasteiger partial charge in [-0.2, -0.15) is 0 Å². The van der Waals surface area contributed by atoms with Crippen LogP contribution in [0.3, 0.4) is 0 Å². The third-order valence-electron chi connectivity index (χ3n) is 5.59. The van der Waals surface area contributed by atoms with E-state index in [0.717, 1.165) is 39.1 Å². The molecule has 5 nitrogen and oxygen atoms in total. The number of esters is 1. The molecule has 0 radical (unpaired) electrons. The molecule has 4 aromatic rings. The number of carbonyl (C=O) groups excluding carboxylic acids is 1. The molecule has 0 aliphatic heterocycles. The summed E-state index contributed by atoms with van der Waals surface area (Å²) < 4.78 is 6.78. The van der Waals surface area contributed by atoms with Crippen LogP contribution in [0.2, 0.25) is 0 Å². The summed E-state index contributed by atoms with van der Waals surface area (Å²) >= 11 is 2.84. The first kappa shape index (κ1) is 21.0. The zero-order valence-corrected chi connectivity index (χ0v) is 19.3. The maximum Gasteiger partial charge on any atom is 0.316 e. The maximum atomic E-state index is 13.8. The van der Waals surface area contributed by atoms with Crippen molar-refractivity contribution in [3.63, 3.8) is 0 Å². The van der Waals surface area contributed by atoms with Gasteiger partial charge in [-0.15, -0.1) is 11.3 Å². The van der Waals surface area contributed by atoms with E-state index in [1.165, 1.54) is 22.9 Å². The first-order valence-electron chi connectivity index (χ1n) is 10.6. The number of hydrogen-bond donors (Lipinski definition) is 0. The van der Waals surface area contributed by atoms with Crippen LogP contribution in [0.15, 0.2) is 64.5 Å². The normalized spacial score (nSPS) is 12.4. The summed E-state index contributed by atoms with van der Waals surface area (Å²) in [5.41, 5.74) is 4.59. The Morgan fingerprint density at radius 1 is 1.12 bits per heavy atom. The molecule has 1 aliphatic rings. The molecule has 2 aromatic carbocycles. The molecule has 0 N–H and O–H groups in total. The predicted octanol–water partition coefficient (Wildman–Crippen LogP) is 4.93. The largest absolute Gasteiger partial charge is 0.465 e. The summed E-state index contributed by atoms with van der Waals surface area (Å²) in [5.74, 6) is -0.188. The van der Waals surface area contributed by atoms with Crippen LogP contribution in [-0.4, -0.2) is 27.9 Å². The van der Waals surface area contributed by atoms with E-state index in [0.29, 0.717) is 18.3 Å². The third kappa shape index (κ3) is 3.87. The number of nitrogens with zero attached hydrogens (tertiary/aromatic N) is 2. The molecule has 0 atom stereocenters. The minimum atomic E-state index is -0.308. The van der Waals surface area contributed by atoms with Gasteiger partial charge in [-0.25, -0.2) is 4.98 Å². The van der Waals surface area contributed by atoms with Crippen LogP contribution in [0.4, 0.5) is 0 Å². The number of ether oxygens (including phenoxy) is 1. The van der Waals surface area contributed by atoms with E-state index < -0.39 is 0 Å². The first-order chi connectivity index (χ1) is 15.7. The van der Waals surface area contributed by atoms with E-state index in [-0.39, 0.29) is 17.3 Å². The van der Waals surface area contributed by atoms with Crippen LogP contribution >= 0.6 is 23.1 Å². The lowest BCUT2D eigenvalue weighted by Crippen LogP contribution is -2.25. The number of thioether (sulfide) groups is 1. The van der Waals surface area contributed by atoms with Crippen LogP contribution < -0.4 is 5.56 Å². The van der Waals surface area contributed by atoms with Crippen molar-refractivity contribution in [3.8, 4) is 10.4 Å². The van der Waals surface area contributed by atoms with Crippen LogP contribution in [0.1, 0.15) is 23.6 Å². The number of hydrogen-bond acceptors (Lipinski definition) is 6. The number of thiophene rings is 1. The Hall–Kier alpha value is -2.90. The quantitative estimate of drug-likeness (QED) is 0.231. The van der Waals surface area contributed by atoms with Gasteiger partial charge in [-0.05, 0) is 42.0 Å². The Morgan fingerprint density at radius 2 is 1.91 bits per heavy atom. The minimum absolute atomic E-state index is 0.0397. The molecule has 0 unspecified atom stereocenters. The fraction of sp³-hybridized carbons (Fsp3) is 0.240. The summed E-state index contributed by atoms with van der Waals surface area (Å²) in [7, 11) is 0. The Morgan fingerprint density at radius 3 is 2.72 bits per heavy atom. The molecule has 162 valence electrons. The Balaban J connectivity index is 1.65. The van der Waals surface area contributed by atoms with E-state index in [1.807, 2.05) is 36.4 Å². The van der Waals surface area contributed by atoms with Crippen LogP contribution in [0, 0.1) is 0 Å². The first-order valence-corrected chi connectivity index (χ1v) is 12.4. The molecule has 0 spiro atoms. The lowest BCUT2D eigenvalue weighted by Gasteiger charge is -2.16. The van der Waals surface area contributed by atoms with E-state index in [1.54, 1.807) is 22.8 Å². The highest BCUT2D eigenvalue weighted by Crippen LogP contribution is 2.42. The number of carbonyl (C=O) groups is 1. The third-order valence-corrected chi connectivity index (χ3v) is 7.70. The van der Waals surface area contributed by atoms with E-state index in [2.05, 4.69) is 18.2 Å². The molecule has 32 heavy (non-hydrogen) atoms. The number of aromatic nitrogens is 2. The van der Waals surface area contributed by atoms with Gasteiger partial charge in [0.15, 0.2) is 5.16 Å². The smallest absolute Gasteiger partial charge is 0.316 e. The molecule has 7 heteroatoms. The molecule has 0 amide bonds. The summed E-state index contributed by atoms with van der Waals surface area (Å²) in [6.07, 6.45) is 1.76. The average Bonchev–Trinajstić information content (AvgIpc) is 3.20. The highest BCUT2D eigenvalue weighted by Gasteiger charge is 2.25. The van der Waals surface area contributed by atoms with Crippen LogP contribution in [0.5, 0.6) is 0 Å². The molecular formula is C25H22N2O3S2. The van der Waals surface area contributed by atoms with Gasteiger partial charge in [0, 0.05) is 4.88 Å². The number of aryl methyl sites for hydroxylation is 2. The van der Waals surface area contributed by atoms with Gasteiger partial charge in [-0.3, -0.25) is 14.2 Å². The van der Waals surface area contributed by atoms with E-state index in [4.69, 9.17) is 9.72 Å². The molecular weight excluding hydrogens is 440 g/mol. The monoisotopic (exact) mass is 462 g/mol. The van der Waals surface area contributed by atoms with E-state index in [9.17, 15) is 9.59 Å². The zero-order valence-electron chi connectivity index (χ0n) is 17.7. The molecule has 2 aromatic heterocycles. The lowest BCUT2D eigenvalue weighted by molar-refractivity contribution is -0.139. The summed E-state index contributed by atoms with van der Waals surface area (Å²) in [5, 5.41) is 1.27. The van der Waals surface area contributed by atoms with Gasteiger partial charge in [0.2, 0.25) is 0 Å². The SMILES string of the molecule is CCOC(=O)CSc1nc2sc3c(c2c(=O)n1Cc1ccccc1)CCc1ccccc1-3. The molecule has 0 saturated carbocycles. The van der Waals surface area contributed by atoms with Crippen LogP contribution in [-0.2, 0) is 28.9 Å². The molecule has 0 fully saturated rings. The van der Waals surface area contributed by atoms with Gasteiger partial charge in [-0.1, -0.05) is 66.4 Å². The average molecular weight is 463 g/mol. The van der Waals surface area contributed by atoms with Gasteiger partial charge in [0.05, 0.1) is 24.3 Å². The van der Waals surface area contributed by atoms with Gasteiger partial charge in [0.25, 0.3) is 5.56 Å². The Kier molecular flexibility index (Phi) is 5.85. The zero-order chi connectivity index (χ0) is 22.1. The minimum Gasteiger partial charge on any atom is -0.465 e. The molecule has 0 saturated heterocycles. The summed E-state index contributed by atoms with van der Waals surface area (Å²) in [4.78, 5) is 32.5. The van der Waals surface area contributed by atoms with Crippen molar-refractivity contribution in [3.05, 3.63) is 81.6 Å². The van der Waals surface area contributed by atoms with Crippen LogP contribution in [0.25, 0.3) is 20.7 Å².